The number of alkyl halides is 5. The summed E-state index contributed by atoms with van der Waals surface area (Å²) >= 11 is 4.33. The molecule has 5 atom stereocenters. The number of rotatable bonds is 3. The van der Waals surface area contributed by atoms with Crippen LogP contribution in [0.15, 0.2) is 76.2 Å². The minimum atomic E-state index is -5.86. The molecule has 40 heavy (non-hydrogen) atoms. The first-order valence-electron chi connectivity index (χ1n) is 13.8. The van der Waals surface area contributed by atoms with Crippen LogP contribution in [0, 0.1) is 17.3 Å². The average Bonchev–Trinajstić information content (AvgIpc) is 3.19. The second-order valence-corrected chi connectivity index (χ2v) is 12.7. The van der Waals surface area contributed by atoms with Crippen molar-refractivity contribution in [1.29, 1.82) is 0 Å². The van der Waals surface area contributed by atoms with Gasteiger partial charge in [-0.1, -0.05) is 48.9 Å². The molecule has 0 spiro atoms. The summed E-state index contributed by atoms with van der Waals surface area (Å²) in [6.07, 6.45) is -2.64. The molecule has 4 aliphatic rings. The highest BCUT2D eigenvalue weighted by Gasteiger charge is 2.79. The molecule has 2 aromatic carbocycles. The maximum atomic E-state index is 15.1. The molecule has 1 N–H and O–H groups in total. The molecule has 0 saturated heterocycles. The van der Waals surface area contributed by atoms with Gasteiger partial charge in [0.15, 0.2) is 5.78 Å². The number of fused-ring (bicyclic) bond motifs is 4. The first kappa shape index (κ1) is 27.7. The molecule has 8 heteroatoms. The number of benzene rings is 2. The van der Waals surface area contributed by atoms with Crippen molar-refractivity contribution >= 4 is 18.4 Å². The molecule has 0 aromatic heterocycles. The predicted molar refractivity (Wildman–Crippen MR) is 145 cm³/mol. The fraction of sp³-hybridized carbons (Fsp3) is 0.469. The van der Waals surface area contributed by atoms with Crippen molar-refractivity contribution in [3.8, 4) is 11.1 Å². The zero-order valence-corrected chi connectivity index (χ0v) is 23.0. The Labute approximate surface area is 235 Å². The molecule has 0 amide bonds. The van der Waals surface area contributed by atoms with E-state index in [2.05, 4.69) is 12.6 Å². The third kappa shape index (κ3) is 3.96. The number of carbonyl (C=O) groups excluding carboxylic acids is 1. The summed E-state index contributed by atoms with van der Waals surface area (Å²) in [5.74, 6) is -6.36. The van der Waals surface area contributed by atoms with Gasteiger partial charge in [-0.25, -0.2) is 0 Å². The fourth-order valence-electron chi connectivity index (χ4n) is 8.28. The standard InChI is InChI=1S/C32H31F5O2S/c1-29-17-26(20-4-2-18(3-5-20)19-6-10-23(40)11-7-19)28-24-13-9-22(38)16-21(24)8-12-25(28)27(29)14-15-30(29,39)31(33,34)32(35,36)37/h2-7,10-11,16,25-27,39-40H,8-9,12-15,17H2,1H3/t25?,26-,27?,29?,30+/m1/s1. The van der Waals surface area contributed by atoms with Crippen LogP contribution in [-0.2, 0) is 4.79 Å². The van der Waals surface area contributed by atoms with Crippen LogP contribution in [0.1, 0.15) is 63.4 Å². The molecule has 2 nitrogen and oxygen atoms in total. The molecule has 0 bridgehead atoms. The van der Waals surface area contributed by atoms with Crippen molar-refractivity contribution in [1.82, 2.24) is 0 Å². The van der Waals surface area contributed by atoms with Gasteiger partial charge in [0.2, 0.25) is 0 Å². The number of allylic oxidation sites excluding steroid dienone is 4. The summed E-state index contributed by atoms with van der Waals surface area (Å²) in [6, 6.07) is 15.4. The second-order valence-electron chi connectivity index (χ2n) is 12.1. The number of hydrogen-bond donors (Lipinski definition) is 2. The highest BCUT2D eigenvalue weighted by Crippen LogP contribution is 2.70. The van der Waals surface area contributed by atoms with Crippen LogP contribution >= 0.6 is 12.6 Å². The number of halogens is 5. The van der Waals surface area contributed by atoms with Crippen LogP contribution < -0.4 is 0 Å². The largest absolute Gasteiger partial charge is 0.456 e. The summed E-state index contributed by atoms with van der Waals surface area (Å²) in [5, 5.41) is 11.4. The Kier molecular flexibility index (Phi) is 6.43. The maximum absolute atomic E-state index is 15.1. The van der Waals surface area contributed by atoms with Crippen LogP contribution in [0.5, 0.6) is 0 Å². The second kappa shape index (κ2) is 9.28. The van der Waals surface area contributed by atoms with Crippen molar-refractivity contribution in [2.45, 2.75) is 80.4 Å². The van der Waals surface area contributed by atoms with E-state index in [4.69, 9.17) is 0 Å². The minimum absolute atomic E-state index is 0.0237. The van der Waals surface area contributed by atoms with E-state index in [9.17, 15) is 23.1 Å². The smallest absolute Gasteiger partial charge is 0.383 e. The Bertz CT molecular complexity index is 1410. The van der Waals surface area contributed by atoms with Crippen LogP contribution in [-0.4, -0.2) is 28.6 Å². The zero-order chi connectivity index (χ0) is 28.7. The van der Waals surface area contributed by atoms with E-state index in [1.807, 2.05) is 48.5 Å². The topological polar surface area (TPSA) is 37.3 Å². The van der Waals surface area contributed by atoms with E-state index in [1.54, 1.807) is 6.08 Å². The van der Waals surface area contributed by atoms with Crippen LogP contribution in [0.4, 0.5) is 22.0 Å². The maximum Gasteiger partial charge on any atom is 0.456 e. The average molecular weight is 575 g/mol. The van der Waals surface area contributed by atoms with Crippen molar-refractivity contribution < 1.29 is 31.9 Å². The van der Waals surface area contributed by atoms with Crippen LogP contribution in [0.3, 0.4) is 0 Å². The van der Waals surface area contributed by atoms with Crippen molar-refractivity contribution in [2.24, 2.45) is 17.3 Å². The summed E-state index contributed by atoms with van der Waals surface area (Å²) in [4.78, 5) is 13.0. The molecule has 3 unspecified atom stereocenters. The van der Waals surface area contributed by atoms with E-state index >= 15 is 8.78 Å². The number of aliphatic hydroxyl groups is 1. The lowest BCUT2D eigenvalue weighted by atomic mass is 9.50. The molecule has 212 valence electrons. The normalized spacial score (nSPS) is 32.4. The van der Waals surface area contributed by atoms with Crippen molar-refractivity contribution in [2.75, 3.05) is 0 Å². The van der Waals surface area contributed by atoms with Gasteiger partial charge in [-0.05, 0) is 96.4 Å². The minimum Gasteiger partial charge on any atom is -0.383 e. The van der Waals surface area contributed by atoms with Gasteiger partial charge in [0.1, 0.15) is 5.60 Å². The van der Waals surface area contributed by atoms with Gasteiger partial charge < -0.3 is 5.11 Å². The first-order valence-corrected chi connectivity index (χ1v) is 14.2. The SMILES string of the molecule is CC12C[C@H](c3ccc(-c4ccc(S)cc4)cc3)C3=C4CCC(=O)C=C4CCC3C1CC[C@@]2(O)C(F)(F)C(F)(F)F. The highest BCUT2D eigenvalue weighted by atomic mass is 32.1. The Morgan fingerprint density at radius 3 is 2.15 bits per heavy atom. The van der Waals surface area contributed by atoms with Crippen molar-refractivity contribution in [3.05, 3.63) is 76.9 Å². The summed E-state index contributed by atoms with van der Waals surface area (Å²) < 4.78 is 71.5. The van der Waals surface area contributed by atoms with E-state index in [-0.39, 0.29) is 24.5 Å². The number of ketones is 1. The molecule has 2 aromatic rings. The number of carbonyl (C=O) groups is 1. The van der Waals surface area contributed by atoms with Crippen molar-refractivity contribution in [3.63, 3.8) is 0 Å². The molecule has 0 heterocycles. The quantitative estimate of drug-likeness (QED) is 0.285. The number of hydrogen-bond acceptors (Lipinski definition) is 3. The highest BCUT2D eigenvalue weighted by molar-refractivity contribution is 7.80. The Balaban J connectivity index is 1.48. The molecule has 0 aliphatic heterocycles. The van der Waals surface area contributed by atoms with E-state index < -0.39 is 41.4 Å². The zero-order valence-electron chi connectivity index (χ0n) is 22.1. The summed E-state index contributed by atoms with van der Waals surface area (Å²) in [6.45, 7) is 1.45. The lowest BCUT2D eigenvalue weighted by Gasteiger charge is -2.56. The van der Waals surface area contributed by atoms with Gasteiger partial charge in [-0.3, -0.25) is 4.79 Å². The summed E-state index contributed by atoms with van der Waals surface area (Å²) in [5.41, 5.74) is 0.984. The Morgan fingerprint density at radius 1 is 0.900 bits per heavy atom. The summed E-state index contributed by atoms with van der Waals surface area (Å²) in [7, 11) is 0. The van der Waals surface area contributed by atoms with E-state index in [0.717, 1.165) is 38.3 Å². The molecule has 2 fully saturated rings. The third-order valence-corrected chi connectivity index (χ3v) is 10.6. The fourth-order valence-corrected chi connectivity index (χ4v) is 8.43. The van der Waals surface area contributed by atoms with Gasteiger partial charge in [0.25, 0.3) is 0 Å². The lowest BCUT2D eigenvalue weighted by Crippen LogP contribution is -2.65. The molecule has 4 aliphatic carbocycles. The molecule has 6 rings (SSSR count). The van der Waals surface area contributed by atoms with Gasteiger partial charge in [0, 0.05) is 22.6 Å². The van der Waals surface area contributed by atoms with E-state index in [1.165, 1.54) is 6.92 Å². The monoisotopic (exact) mass is 574 g/mol. The van der Waals surface area contributed by atoms with Gasteiger partial charge >= 0.3 is 12.1 Å². The molecule has 2 saturated carbocycles. The van der Waals surface area contributed by atoms with Crippen LogP contribution in [0.2, 0.25) is 0 Å². The van der Waals surface area contributed by atoms with Gasteiger partial charge in [-0.2, -0.15) is 22.0 Å². The Hall–Kier alpha value is -2.45. The van der Waals surface area contributed by atoms with Gasteiger partial charge in [0.05, 0.1) is 0 Å². The molecular formula is C32H31F5O2S. The van der Waals surface area contributed by atoms with Gasteiger partial charge in [-0.15, -0.1) is 12.6 Å². The molecular weight excluding hydrogens is 543 g/mol. The first-order chi connectivity index (χ1) is 18.8. The van der Waals surface area contributed by atoms with E-state index in [0.29, 0.717) is 25.7 Å². The third-order valence-electron chi connectivity index (χ3n) is 10.3. The number of thiol groups is 1. The van der Waals surface area contributed by atoms with Crippen LogP contribution in [0.25, 0.3) is 11.1 Å². The predicted octanol–water partition coefficient (Wildman–Crippen LogP) is 8.47. The lowest BCUT2D eigenvalue weighted by molar-refractivity contribution is -0.362. The Morgan fingerprint density at radius 2 is 1.52 bits per heavy atom. The molecule has 0 radical (unpaired) electrons.